The Morgan fingerprint density at radius 3 is 2.69 bits per heavy atom. The van der Waals surface area contributed by atoms with Crippen LogP contribution in [-0.2, 0) is 11.2 Å². The Kier molecular flexibility index (Phi) is 4.93. The molecule has 0 radical (unpaired) electrons. The number of aromatic amines is 1. The second-order valence-electron chi connectivity index (χ2n) is 6.01. The van der Waals surface area contributed by atoms with Gasteiger partial charge < -0.3 is 20.1 Å². The van der Waals surface area contributed by atoms with E-state index >= 15 is 0 Å². The summed E-state index contributed by atoms with van der Waals surface area (Å²) >= 11 is 0. The Balaban J connectivity index is 2.12. The van der Waals surface area contributed by atoms with Crippen LogP contribution in [0.5, 0.6) is 5.75 Å². The summed E-state index contributed by atoms with van der Waals surface area (Å²) in [5.74, 6) is -0.315. The topological polar surface area (TPSA) is 91.4 Å². The first-order valence-electron chi connectivity index (χ1n) is 8.26. The van der Waals surface area contributed by atoms with Gasteiger partial charge in [0.2, 0.25) is 5.91 Å². The lowest BCUT2D eigenvalue weighted by atomic mass is 10.0. The van der Waals surface area contributed by atoms with Crippen molar-refractivity contribution in [1.82, 2.24) is 10.3 Å². The van der Waals surface area contributed by atoms with E-state index in [2.05, 4.69) is 10.3 Å². The number of hydrogen-bond acceptors (Lipinski definition) is 3. The Bertz CT molecular complexity index is 975. The molecule has 3 N–H and O–H groups in total. The summed E-state index contributed by atoms with van der Waals surface area (Å²) in [4.78, 5) is 25.9. The maximum Gasteiger partial charge on any atom is 0.335 e. The van der Waals surface area contributed by atoms with E-state index in [1.54, 1.807) is 25.3 Å². The lowest BCUT2D eigenvalue weighted by molar-refractivity contribution is -0.118. The lowest BCUT2D eigenvalue weighted by Gasteiger charge is -2.07. The molecule has 0 fully saturated rings. The van der Waals surface area contributed by atoms with Crippen LogP contribution >= 0.6 is 0 Å². The van der Waals surface area contributed by atoms with Crippen molar-refractivity contribution in [2.75, 3.05) is 13.7 Å². The van der Waals surface area contributed by atoms with Crippen molar-refractivity contribution >= 4 is 22.8 Å². The summed E-state index contributed by atoms with van der Waals surface area (Å²) in [6.07, 6.45) is 0.610. The number of nitrogens with one attached hydrogen (secondary N) is 2. The molecule has 1 heterocycles. The number of aromatic carboxylic acids is 1. The molecular formula is C20H20N2O4. The number of rotatable bonds is 6. The lowest BCUT2D eigenvalue weighted by Crippen LogP contribution is -2.22. The van der Waals surface area contributed by atoms with Gasteiger partial charge in [0.05, 0.1) is 12.7 Å². The Labute approximate surface area is 150 Å². The molecule has 134 valence electrons. The normalized spacial score (nSPS) is 10.7. The Morgan fingerprint density at radius 2 is 2.00 bits per heavy atom. The minimum atomic E-state index is -0.968. The van der Waals surface area contributed by atoms with Crippen LogP contribution < -0.4 is 10.1 Å². The number of carboxylic acid groups (broad SMARTS) is 1. The number of ether oxygens (including phenoxy) is 1. The highest BCUT2D eigenvalue weighted by atomic mass is 16.5. The second kappa shape index (κ2) is 7.31. The van der Waals surface area contributed by atoms with Crippen LogP contribution in [0.1, 0.15) is 22.8 Å². The molecule has 3 rings (SSSR count). The highest BCUT2D eigenvalue weighted by molar-refractivity contribution is 5.94. The number of carbonyl (C=O) groups is 2. The molecule has 26 heavy (non-hydrogen) atoms. The fraction of sp³-hybridized carbons (Fsp3) is 0.200. The molecule has 0 bridgehead atoms. The number of carboxylic acids is 1. The molecule has 0 saturated carbocycles. The largest absolute Gasteiger partial charge is 0.497 e. The van der Waals surface area contributed by atoms with E-state index in [0.717, 1.165) is 33.5 Å². The Morgan fingerprint density at radius 1 is 1.19 bits per heavy atom. The SMILES string of the molecule is COc1ccc2[nH]c(-c3cccc(C(=O)O)c3)c(CCNC(C)=O)c2c1. The monoisotopic (exact) mass is 352 g/mol. The number of benzene rings is 2. The summed E-state index contributed by atoms with van der Waals surface area (Å²) in [6.45, 7) is 1.97. The molecule has 0 spiro atoms. The van der Waals surface area contributed by atoms with E-state index < -0.39 is 5.97 Å². The van der Waals surface area contributed by atoms with Crippen LogP contribution in [0.4, 0.5) is 0 Å². The average Bonchev–Trinajstić information content (AvgIpc) is 2.99. The van der Waals surface area contributed by atoms with Crippen molar-refractivity contribution < 1.29 is 19.4 Å². The third kappa shape index (κ3) is 3.54. The van der Waals surface area contributed by atoms with Gasteiger partial charge in [0.15, 0.2) is 0 Å². The third-order valence-corrected chi connectivity index (χ3v) is 4.26. The first-order valence-corrected chi connectivity index (χ1v) is 8.26. The zero-order chi connectivity index (χ0) is 18.7. The maximum atomic E-state index is 11.3. The number of hydrogen-bond donors (Lipinski definition) is 3. The molecule has 0 aliphatic carbocycles. The van der Waals surface area contributed by atoms with Gasteiger partial charge in [-0.2, -0.15) is 0 Å². The van der Waals surface area contributed by atoms with E-state index in [0.29, 0.717) is 13.0 Å². The zero-order valence-electron chi connectivity index (χ0n) is 14.6. The van der Waals surface area contributed by atoms with Gasteiger partial charge in [0, 0.05) is 30.1 Å². The van der Waals surface area contributed by atoms with Gasteiger partial charge in [0.25, 0.3) is 0 Å². The van der Waals surface area contributed by atoms with Crippen LogP contribution in [0.3, 0.4) is 0 Å². The van der Waals surface area contributed by atoms with Crippen molar-refractivity contribution in [1.29, 1.82) is 0 Å². The molecule has 1 aromatic heterocycles. The average molecular weight is 352 g/mol. The van der Waals surface area contributed by atoms with Gasteiger partial charge >= 0.3 is 5.97 Å². The number of carbonyl (C=O) groups excluding carboxylic acids is 1. The van der Waals surface area contributed by atoms with Crippen LogP contribution in [0, 0.1) is 0 Å². The molecule has 6 heteroatoms. The molecule has 3 aromatic rings. The van der Waals surface area contributed by atoms with Crippen LogP contribution in [0.15, 0.2) is 42.5 Å². The molecular weight excluding hydrogens is 332 g/mol. The van der Waals surface area contributed by atoms with E-state index in [1.807, 2.05) is 24.3 Å². The molecule has 0 saturated heterocycles. The number of H-pyrrole nitrogens is 1. The van der Waals surface area contributed by atoms with E-state index in [1.165, 1.54) is 6.92 Å². The first-order chi connectivity index (χ1) is 12.5. The number of methoxy groups -OCH3 is 1. The minimum absolute atomic E-state index is 0.0863. The van der Waals surface area contributed by atoms with Gasteiger partial charge in [-0.15, -0.1) is 0 Å². The smallest absolute Gasteiger partial charge is 0.335 e. The molecule has 0 atom stereocenters. The summed E-state index contributed by atoms with van der Waals surface area (Å²) in [5, 5.41) is 13.1. The quantitative estimate of drug-likeness (QED) is 0.635. The fourth-order valence-corrected chi connectivity index (χ4v) is 3.03. The number of aromatic nitrogens is 1. The Hall–Kier alpha value is -3.28. The molecule has 0 aliphatic rings. The van der Waals surface area contributed by atoms with Crippen molar-refractivity contribution in [2.24, 2.45) is 0 Å². The second-order valence-corrected chi connectivity index (χ2v) is 6.01. The van der Waals surface area contributed by atoms with Gasteiger partial charge in [-0.05, 0) is 47.9 Å². The van der Waals surface area contributed by atoms with E-state index in [9.17, 15) is 14.7 Å². The van der Waals surface area contributed by atoms with Crippen molar-refractivity contribution in [3.8, 4) is 17.0 Å². The van der Waals surface area contributed by atoms with Crippen molar-refractivity contribution in [3.05, 3.63) is 53.6 Å². The highest BCUT2D eigenvalue weighted by Crippen LogP contribution is 2.33. The van der Waals surface area contributed by atoms with Crippen LogP contribution in [0.25, 0.3) is 22.2 Å². The molecule has 0 aliphatic heterocycles. The fourth-order valence-electron chi connectivity index (χ4n) is 3.03. The number of fused-ring (bicyclic) bond motifs is 1. The van der Waals surface area contributed by atoms with Gasteiger partial charge in [-0.3, -0.25) is 4.79 Å². The number of amides is 1. The van der Waals surface area contributed by atoms with Crippen molar-refractivity contribution in [3.63, 3.8) is 0 Å². The van der Waals surface area contributed by atoms with Gasteiger partial charge in [-0.1, -0.05) is 12.1 Å². The summed E-state index contributed by atoms with van der Waals surface area (Å²) < 4.78 is 5.32. The van der Waals surface area contributed by atoms with Gasteiger partial charge in [0.1, 0.15) is 5.75 Å². The molecule has 6 nitrogen and oxygen atoms in total. The zero-order valence-corrected chi connectivity index (χ0v) is 14.6. The summed E-state index contributed by atoms with van der Waals surface area (Å²) in [7, 11) is 1.61. The molecule has 0 unspecified atom stereocenters. The van der Waals surface area contributed by atoms with E-state index in [-0.39, 0.29) is 11.5 Å². The molecule has 2 aromatic carbocycles. The van der Waals surface area contributed by atoms with Crippen LogP contribution in [-0.4, -0.2) is 35.6 Å². The summed E-state index contributed by atoms with van der Waals surface area (Å²) in [6, 6.07) is 12.5. The van der Waals surface area contributed by atoms with Crippen LogP contribution in [0.2, 0.25) is 0 Å². The highest BCUT2D eigenvalue weighted by Gasteiger charge is 2.15. The van der Waals surface area contributed by atoms with Gasteiger partial charge in [-0.25, -0.2) is 4.79 Å². The van der Waals surface area contributed by atoms with Crippen molar-refractivity contribution in [2.45, 2.75) is 13.3 Å². The molecule has 1 amide bonds. The van der Waals surface area contributed by atoms with E-state index in [4.69, 9.17) is 4.74 Å². The minimum Gasteiger partial charge on any atom is -0.497 e. The first kappa shape index (κ1) is 17.5. The predicted octanol–water partition coefficient (Wildman–Crippen LogP) is 3.22. The third-order valence-electron chi connectivity index (χ3n) is 4.26. The summed E-state index contributed by atoms with van der Waals surface area (Å²) in [5.41, 5.74) is 3.81. The predicted molar refractivity (Wildman–Crippen MR) is 99.6 cm³/mol. The maximum absolute atomic E-state index is 11.3. The standard InChI is InChI=1S/C20H20N2O4/c1-12(23)21-9-8-16-17-11-15(26-2)6-7-18(17)22-19(16)13-4-3-5-14(10-13)20(24)25/h3-7,10-11,22H,8-9H2,1-2H3,(H,21,23)(H,24,25).